The molecule has 0 saturated heterocycles. The minimum atomic E-state index is -0.0967. The van der Waals surface area contributed by atoms with E-state index in [1.807, 2.05) is 0 Å². The number of aromatic nitrogens is 1. The van der Waals surface area contributed by atoms with Crippen LogP contribution in [0.1, 0.15) is 5.69 Å². The Morgan fingerprint density at radius 1 is 1.90 bits per heavy atom. The van der Waals surface area contributed by atoms with E-state index < -0.39 is 0 Å². The predicted molar refractivity (Wildman–Crippen MR) is 42.8 cm³/mol. The second kappa shape index (κ2) is 3.55. The van der Waals surface area contributed by atoms with Gasteiger partial charge in [0, 0.05) is 28.7 Å². The first kappa shape index (κ1) is 7.52. The van der Waals surface area contributed by atoms with Gasteiger partial charge in [0.1, 0.15) is 12.0 Å². The van der Waals surface area contributed by atoms with Gasteiger partial charge in [-0.3, -0.25) is 4.79 Å². The van der Waals surface area contributed by atoms with Crippen LogP contribution in [0.5, 0.6) is 0 Å². The van der Waals surface area contributed by atoms with Crippen LogP contribution in [0.2, 0.25) is 0 Å². The molecule has 1 aromatic heterocycles. The van der Waals surface area contributed by atoms with Gasteiger partial charge in [0.15, 0.2) is 0 Å². The van der Waals surface area contributed by atoms with Gasteiger partial charge >= 0.3 is 0 Å². The van der Waals surface area contributed by atoms with Crippen molar-refractivity contribution in [2.45, 2.75) is 6.54 Å². The van der Waals surface area contributed by atoms with Crippen LogP contribution in [0, 0.1) is 0 Å². The molecule has 1 aromatic rings. The van der Waals surface area contributed by atoms with E-state index in [2.05, 4.69) is 15.0 Å². The molecule has 0 aliphatic heterocycles. The summed E-state index contributed by atoms with van der Waals surface area (Å²) in [5.41, 5.74) is 0.727. The molecule has 0 radical (unpaired) electrons. The molecule has 0 aliphatic rings. The van der Waals surface area contributed by atoms with E-state index in [9.17, 15) is 4.79 Å². The molecule has 0 bridgehead atoms. The lowest BCUT2D eigenvalue weighted by Gasteiger charge is -1.92. The molecule has 10 heavy (non-hydrogen) atoms. The number of halogens is 1. The van der Waals surface area contributed by atoms with Crippen molar-refractivity contribution in [3.05, 3.63) is 18.0 Å². The minimum Gasteiger partial charge on any atom is -0.364 e. The first-order valence-corrected chi connectivity index (χ1v) is 3.69. The van der Waals surface area contributed by atoms with Crippen molar-refractivity contribution in [3.8, 4) is 0 Å². The molecule has 0 fully saturated rings. The number of hydrogen-bond acceptors (Lipinski definition) is 3. The quantitative estimate of drug-likeness (QED) is 0.490. The van der Waals surface area contributed by atoms with Crippen LogP contribution >= 0.6 is 22.6 Å². The molecule has 0 aliphatic carbocycles. The van der Waals surface area contributed by atoms with Crippen molar-refractivity contribution >= 4 is 26.5 Å². The Labute approximate surface area is 71.1 Å². The summed E-state index contributed by atoms with van der Waals surface area (Å²) in [7, 11) is 0. The van der Waals surface area contributed by atoms with Crippen molar-refractivity contribution in [1.82, 2.24) is 10.5 Å². The summed E-state index contributed by atoms with van der Waals surface area (Å²) < 4.78 is 4.45. The largest absolute Gasteiger partial charge is 0.364 e. The molecule has 0 spiro atoms. The van der Waals surface area contributed by atoms with Gasteiger partial charge in [-0.2, -0.15) is 0 Å². The van der Waals surface area contributed by atoms with E-state index in [4.69, 9.17) is 0 Å². The predicted octanol–water partition coefficient (Wildman–Crippen LogP) is 1.32. The summed E-state index contributed by atoms with van der Waals surface area (Å²) in [6.07, 6.45) is 1.47. The van der Waals surface area contributed by atoms with Gasteiger partial charge in [-0.1, -0.05) is 5.16 Å². The summed E-state index contributed by atoms with van der Waals surface area (Å²) in [5.74, 6) is 0. The van der Waals surface area contributed by atoms with Crippen molar-refractivity contribution < 1.29 is 9.32 Å². The number of amides is 1. The third kappa shape index (κ3) is 2.34. The number of hydrogen-bond donors (Lipinski definition) is 1. The lowest BCUT2D eigenvalue weighted by molar-refractivity contribution is 0.262. The zero-order chi connectivity index (χ0) is 7.40. The highest BCUT2D eigenvalue weighted by molar-refractivity contribution is 14.1. The fourth-order valence-electron chi connectivity index (χ4n) is 0.489. The maximum atomic E-state index is 10.4. The molecule has 1 N–H and O–H groups in total. The van der Waals surface area contributed by atoms with Crippen molar-refractivity contribution in [2.75, 3.05) is 0 Å². The molecule has 1 amide bonds. The van der Waals surface area contributed by atoms with Crippen molar-refractivity contribution in [2.24, 2.45) is 0 Å². The van der Waals surface area contributed by atoms with Crippen LogP contribution in [0.25, 0.3) is 0 Å². The SMILES string of the molecule is O=C(I)NCc1ccon1. The fraction of sp³-hybridized carbons (Fsp3) is 0.200. The lowest BCUT2D eigenvalue weighted by Crippen LogP contribution is -2.14. The molecule has 0 aromatic carbocycles. The van der Waals surface area contributed by atoms with Crippen LogP contribution in [0.4, 0.5) is 4.79 Å². The Hall–Kier alpha value is -0.590. The van der Waals surface area contributed by atoms with Crippen molar-refractivity contribution in [1.29, 1.82) is 0 Å². The first-order valence-electron chi connectivity index (χ1n) is 2.61. The topological polar surface area (TPSA) is 55.1 Å². The summed E-state index contributed by atoms with van der Waals surface area (Å²) in [5, 5.41) is 6.17. The van der Waals surface area contributed by atoms with E-state index >= 15 is 0 Å². The molecule has 1 heterocycles. The molecule has 1 rings (SSSR count). The maximum Gasteiger partial charge on any atom is 0.280 e. The van der Waals surface area contributed by atoms with Crippen molar-refractivity contribution in [3.63, 3.8) is 0 Å². The minimum absolute atomic E-state index is 0.0967. The number of carbonyl (C=O) groups is 1. The van der Waals surface area contributed by atoms with Crippen LogP contribution < -0.4 is 5.32 Å². The van der Waals surface area contributed by atoms with E-state index in [-0.39, 0.29) is 3.91 Å². The van der Waals surface area contributed by atoms with Gasteiger partial charge in [-0.25, -0.2) is 0 Å². The number of nitrogens with zero attached hydrogens (tertiary/aromatic N) is 1. The Balaban J connectivity index is 2.35. The standard InChI is InChI=1S/C5H5IN2O2/c6-5(9)7-3-4-1-2-10-8-4/h1-2H,3H2,(H,7,9). The van der Waals surface area contributed by atoms with Gasteiger partial charge in [-0.15, -0.1) is 0 Å². The van der Waals surface area contributed by atoms with Gasteiger partial charge in [0.25, 0.3) is 3.91 Å². The Bertz CT molecular complexity index is 209. The zero-order valence-corrected chi connectivity index (χ0v) is 7.16. The summed E-state index contributed by atoms with van der Waals surface area (Å²) in [6.45, 7) is 0.429. The highest BCUT2D eigenvalue weighted by Crippen LogP contribution is 1.94. The number of nitrogens with one attached hydrogen (secondary N) is 1. The monoisotopic (exact) mass is 252 g/mol. The normalized spacial score (nSPS) is 9.30. The van der Waals surface area contributed by atoms with Gasteiger partial charge in [-0.05, 0) is 0 Å². The average Bonchev–Trinajstić information content (AvgIpc) is 2.34. The van der Waals surface area contributed by atoms with E-state index in [1.165, 1.54) is 6.26 Å². The third-order valence-corrected chi connectivity index (χ3v) is 1.28. The smallest absolute Gasteiger partial charge is 0.280 e. The summed E-state index contributed by atoms with van der Waals surface area (Å²) in [4.78, 5) is 10.4. The van der Waals surface area contributed by atoms with E-state index in [0.717, 1.165) is 5.69 Å². The molecule has 5 heteroatoms. The second-order valence-electron chi connectivity index (χ2n) is 1.62. The Morgan fingerprint density at radius 3 is 3.20 bits per heavy atom. The maximum absolute atomic E-state index is 10.4. The van der Waals surface area contributed by atoms with Gasteiger partial charge in [0.05, 0.1) is 6.54 Å². The highest BCUT2D eigenvalue weighted by atomic mass is 127. The fourth-order valence-corrected chi connectivity index (χ4v) is 0.679. The summed E-state index contributed by atoms with van der Waals surface area (Å²) >= 11 is 1.66. The molecule has 0 saturated carbocycles. The van der Waals surface area contributed by atoms with Gasteiger partial charge < -0.3 is 9.84 Å². The zero-order valence-electron chi connectivity index (χ0n) is 5.00. The molecule has 54 valence electrons. The molecular formula is C5H5IN2O2. The Morgan fingerprint density at radius 2 is 2.70 bits per heavy atom. The molecule has 0 atom stereocenters. The van der Waals surface area contributed by atoms with Gasteiger partial charge in [0.2, 0.25) is 0 Å². The third-order valence-electron chi connectivity index (χ3n) is 0.900. The first-order chi connectivity index (χ1) is 4.79. The van der Waals surface area contributed by atoms with E-state index in [1.54, 1.807) is 28.7 Å². The van der Waals surface area contributed by atoms with Crippen LogP contribution in [0.15, 0.2) is 16.9 Å². The molecule has 0 unspecified atom stereocenters. The second-order valence-corrected chi connectivity index (χ2v) is 2.60. The highest BCUT2D eigenvalue weighted by Gasteiger charge is 1.96. The lowest BCUT2D eigenvalue weighted by atomic mass is 10.4. The van der Waals surface area contributed by atoms with Crippen LogP contribution in [0.3, 0.4) is 0 Å². The molecular weight excluding hydrogens is 247 g/mol. The number of rotatable bonds is 2. The van der Waals surface area contributed by atoms with Crippen LogP contribution in [-0.2, 0) is 6.54 Å². The summed E-state index contributed by atoms with van der Waals surface area (Å²) in [6, 6.07) is 1.70. The number of carbonyl (C=O) groups excluding carboxylic acids is 1. The molecule has 4 nitrogen and oxygen atoms in total. The average molecular weight is 252 g/mol. The van der Waals surface area contributed by atoms with E-state index in [0.29, 0.717) is 6.54 Å². The Kier molecular flexibility index (Phi) is 2.67. The van der Waals surface area contributed by atoms with Crippen LogP contribution in [-0.4, -0.2) is 9.07 Å².